The van der Waals surface area contributed by atoms with Crippen LogP contribution >= 0.6 is 22.9 Å². The summed E-state index contributed by atoms with van der Waals surface area (Å²) in [6.07, 6.45) is 2.35. The molecule has 1 amide bonds. The van der Waals surface area contributed by atoms with Gasteiger partial charge in [-0.2, -0.15) is 0 Å². The molecule has 2 heterocycles. The predicted molar refractivity (Wildman–Crippen MR) is 88.6 cm³/mol. The Morgan fingerprint density at radius 2 is 2.33 bits per heavy atom. The van der Waals surface area contributed by atoms with Gasteiger partial charge in [-0.05, 0) is 37.4 Å². The van der Waals surface area contributed by atoms with Crippen LogP contribution in [0.1, 0.15) is 24.6 Å². The molecule has 0 radical (unpaired) electrons. The van der Waals surface area contributed by atoms with E-state index in [-0.39, 0.29) is 5.91 Å². The molecule has 4 nitrogen and oxygen atoms in total. The van der Waals surface area contributed by atoms with Gasteiger partial charge in [-0.15, -0.1) is 11.3 Å². The van der Waals surface area contributed by atoms with Crippen LogP contribution in [0.15, 0.2) is 12.1 Å². The Balaban J connectivity index is 1.90. The van der Waals surface area contributed by atoms with E-state index >= 15 is 0 Å². The average Bonchev–Trinajstić information content (AvgIpc) is 2.84. The van der Waals surface area contributed by atoms with Crippen molar-refractivity contribution in [1.29, 1.82) is 0 Å². The summed E-state index contributed by atoms with van der Waals surface area (Å²) in [6.45, 7) is 4.90. The molecule has 1 aromatic rings. The number of carbonyl (C=O) groups excluding carboxylic acids is 1. The minimum atomic E-state index is 0.145. The van der Waals surface area contributed by atoms with Crippen LogP contribution in [0.3, 0.4) is 0 Å². The lowest BCUT2D eigenvalue weighted by Crippen LogP contribution is -2.52. The van der Waals surface area contributed by atoms with Crippen LogP contribution in [-0.4, -0.2) is 48.4 Å². The van der Waals surface area contributed by atoms with Crippen molar-refractivity contribution in [3.63, 3.8) is 0 Å². The fraction of sp³-hybridized carbons (Fsp3) is 0.667. The van der Waals surface area contributed by atoms with Gasteiger partial charge in [0.05, 0.1) is 17.4 Å². The summed E-state index contributed by atoms with van der Waals surface area (Å²) in [7, 11) is 1.85. The molecule has 0 aliphatic carbocycles. The number of likely N-dealkylation sites (N-methyl/N-ethyl adjacent to an activating group) is 1. The molecule has 1 aromatic heterocycles. The largest absolute Gasteiger partial charge is 0.340 e. The number of thiophene rings is 1. The SMILES string of the molecule is CC1CCCN(CC(=O)N(C)Cc2ccc(Cl)s2)C1CN. The zero-order valence-electron chi connectivity index (χ0n) is 12.7. The van der Waals surface area contributed by atoms with Crippen LogP contribution in [0, 0.1) is 5.92 Å². The van der Waals surface area contributed by atoms with Crippen molar-refractivity contribution in [2.75, 3.05) is 26.7 Å². The minimum absolute atomic E-state index is 0.145. The Hall–Kier alpha value is -0.620. The molecule has 0 bridgehead atoms. The maximum atomic E-state index is 12.4. The summed E-state index contributed by atoms with van der Waals surface area (Å²) in [4.78, 5) is 17.5. The molecule has 21 heavy (non-hydrogen) atoms. The van der Waals surface area contributed by atoms with E-state index in [2.05, 4.69) is 11.8 Å². The van der Waals surface area contributed by atoms with Crippen LogP contribution in [-0.2, 0) is 11.3 Å². The number of piperidine rings is 1. The summed E-state index contributed by atoms with van der Waals surface area (Å²) in [5.74, 6) is 0.713. The van der Waals surface area contributed by atoms with Crippen molar-refractivity contribution in [3.05, 3.63) is 21.3 Å². The Bertz CT molecular complexity index is 479. The molecule has 1 aliphatic heterocycles. The zero-order valence-corrected chi connectivity index (χ0v) is 14.3. The number of hydrogen-bond donors (Lipinski definition) is 1. The molecule has 2 rings (SSSR count). The average molecular weight is 330 g/mol. The second kappa shape index (κ2) is 7.58. The van der Waals surface area contributed by atoms with E-state index in [1.807, 2.05) is 19.2 Å². The normalized spacial score (nSPS) is 23.2. The monoisotopic (exact) mass is 329 g/mol. The highest BCUT2D eigenvalue weighted by Crippen LogP contribution is 2.24. The van der Waals surface area contributed by atoms with Gasteiger partial charge in [0.15, 0.2) is 0 Å². The van der Waals surface area contributed by atoms with Gasteiger partial charge >= 0.3 is 0 Å². The third kappa shape index (κ3) is 4.42. The molecule has 0 aromatic carbocycles. The zero-order chi connectivity index (χ0) is 15.4. The first-order valence-electron chi connectivity index (χ1n) is 7.43. The van der Waals surface area contributed by atoms with Gasteiger partial charge in [0.2, 0.25) is 5.91 Å². The fourth-order valence-electron chi connectivity index (χ4n) is 2.97. The van der Waals surface area contributed by atoms with Crippen LogP contribution < -0.4 is 5.73 Å². The highest BCUT2D eigenvalue weighted by Gasteiger charge is 2.29. The summed E-state index contributed by atoms with van der Waals surface area (Å²) in [5, 5.41) is 0. The smallest absolute Gasteiger partial charge is 0.236 e. The molecule has 6 heteroatoms. The first-order chi connectivity index (χ1) is 10.0. The van der Waals surface area contributed by atoms with Gasteiger partial charge in [0, 0.05) is 24.5 Å². The molecular formula is C15H24ClN3OS. The van der Waals surface area contributed by atoms with Gasteiger partial charge in [0.25, 0.3) is 0 Å². The Morgan fingerprint density at radius 1 is 1.57 bits per heavy atom. The third-order valence-electron chi connectivity index (χ3n) is 4.26. The predicted octanol–water partition coefficient (Wildman–Crippen LogP) is 2.42. The quantitative estimate of drug-likeness (QED) is 0.902. The fourth-order valence-corrected chi connectivity index (χ4v) is 4.11. The van der Waals surface area contributed by atoms with E-state index in [1.165, 1.54) is 17.8 Å². The molecule has 1 fully saturated rings. The molecule has 2 unspecified atom stereocenters. The standard InChI is InChI=1S/C15H24ClN3OS/c1-11-4-3-7-19(13(11)8-17)10-15(20)18(2)9-12-5-6-14(16)21-12/h5-6,11,13H,3-4,7-10,17H2,1-2H3. The van der Waals surface area contributed by atoms with Crippen LogP contribution in [0.2, 0.25) is 4.34 Å². The summed E-state index contributed by atoms with van der Waals surface area (Å²) < 4.78 is 0.763. The second-order valence-corrected chi connectivity index (χ2v) is 7.65. The van der Waals surface area contributed by atoms with E-state index < -0.39 is 0 Å². The second-order valence-electron chi connectivity index (χ2n) is 5.85. The van der Waals surface area contributed by atoms with Gasteiger partial charge in [-0.25, -0.2) is 0 Å². The van der Waals surface area contributed by atoms with Gasteiger partial charge < -0.3 is 10.6 Å². The van der Waals surface area contributed by atoms with Gasteiger partial charge in [0.1, 0.15) is 0 Å². The molecule has 0 spiro atoms. The highest BCUT2D eigenvalue weighted by molar-refractivity contribution is 7.16. The van der Waals surface area contributed by atoms with E-state index in [9.17, 15) is 4.79 Å². The van der Waals surface area contributed by atoms with Gasteiger partial charge in [-0.1, -0.05) is 18.5 Å². The van der Waals surface area contributed by atoms with Crippen molar-refractivity contribution in [3.8, 4) is 0 Å². The van der Waals surface area contributed by atoms with Crippen molar-refractivity contribution in [2.45, 2.75) is 32.4 Å². The summed E-state index contributed by atoms with van der Waals surface area (Å²) >= 11 is 7.45. The number of rotatable bonds is 5. The summed E-state index contributed by atoms with van der Waals surface area (Å²) in [6, 6.07) is 4.17. The van der Waals surface area contributed by atoms with Crippen LogP contribution in [0.5, 0.6) is 0 Å². The van der Waals surface area contributed by atoms with Crippen LogP contribution in [0.4, 0.5) is 0 Å². The number of carbonyl (C=O) groups is 1. The molecule has 1 saturated heterocycles. The van der Waals surface area contributed by atoms with Crippen molar-refractivity contribution < 1.29 is 4.79 Å². The number of amides is 1. The minimum Gasteiger partial charge on any atom is -0.340 e. The molecule has 2 atom stereocenters. The Morgan fingerprint density at radius 3 is 2.95 bits per heavy atom. The number of likely N-dealkylation sites (tertiary alicyclic amines) is 1. The van der Waals surface area contributed by atoms with E-state index in [0.29, 0.717) is 31.6 Å². The van der Waals surface area contributed by atoms with Crippen molar-refractivity contribution in [2.24, 2.45) is 11.7 Å². The highest BCUT2D eigenvalue weighted by atomic mass is 35.5. The van der Waals surface area contributed by atoms with Crippen molar-refractivity contribution >= 4 is 28.8 Å². The first-order valence-corrected chi connectivity index (χ1v) is 8.63. The Labute approximate surface area is 135 Å². The first kappa shape index (κ1) is 16.7. The Kier molecular flexibility index (Phi) is 6.05. The maximum absolute atomic E-state index is 12.4. The topological polar surface area (TPSA) is 49.6 Å². The molecule has 118 valence electrons. The maximum Gasteiger partial charge on any atom is 0.236 e. The summed E-state index contributed by atoms with van der Waals surface area (Å²) in [5.41, 5.74) is 5.88. The number of hydrogen-bond acceptors (Lipinski definition) is 4. The molecule has 1 aliphatic rings. The lowest BCUT2D eigenvalue weighted by Gasteiger charge is -2.39. The van der Waals surface area contributed by atoms with Crippen molar-refractivity contribution in [1.82, 2.24) is 9.80 Å². The van der Waals surface area contributed by atoms with E-state index in [4.69, 9.17) is 17.3 Å². The number of nitrogens with two attached hydrogens (primary N) is 1. The lowest BCUT2D eigenvalue weighted by atomic mass is 9.91. The van der Waals surface area contributed by atoms with Gasteiger partial charge in [-0.3, -0.25) is 9.69 Å². The van der Waals surface area contributed by atoms with E-state index in [0.717, 1.165) is 22.2 Å². The molecule has 0 saturated carbocycles. The molecule has 2 N–H and O–H groups in total. The number of nitrogens with zero attached hydrogens (tertiary/aromatic N) is 2. The van der Waals surface area contributed by atoms with Crippen LogP contribution in [0.25, 0.3) is 0 Å². The number of halogens is 1. The van der Waals surface area contributed by atoms with E-state index in [1.54, 1.807) is 4.90 Å². The molecular weight excluding hydrogens is 306 g/mol. The lowest BCUT2D eigenvalue weighted by molar-refractivity contribution is -0.132. The third-order valence-corrected chi connectivity index (χ3v) is 5.47.